The summed E-state index contributed by atoms with van der Waals surface area (Å²) in [6, 6.07) is 9.80. The van der Waals surface area contributed by atoms with Crippen LogP contribution in [0, 0.1) is 0 Å². The predicted molar refractivity (Wildman–Crippen MR) is 95.0 cm³/mol. The van der Waals surface area contributed by atoms with Crippen molar-refractivity contribution in [3.05, 3.63) is 90.3 Å². The Morgan fingerprint density at radius 1 is 1.27 bits per heavy atom. The molecule has 0 atom stereocenters. The first kappa shape index (κ1) is 15.6. The van der Waals surface area contributed by atoms with Crippen molar-refractivity contribution in [2.45, 2.75) is 13.3 Å². The second kappa shape index (κ2) is 7.84. The lowest BCUT2D eigenvalue weighted by atomic mass is 10.2. The van der Waals surface area contributed by atoms with Crippen LogP contribution in [0.2, 0.25) is 0 Å². The molecular weight excluding hydrogens is 270 g/mol. The Morgan fingerprint density at radius 2 is 2.05 bits per heavy atom. The minimum Gasteiger partial charge on any atom is -0.397 e. The van der Waals surface area contributed by atoms with E-state index in [2.05, 4.69) is 29.0 Å². The van der Waals surface area contributed by atoms with Gasteiger partial charge in [0, 0.05) is 6.20 Å². The Balaban J connectivity index is 2.02. The van der Waals surface area contributed by atoms with Gasteiger partial charge in [0.05, 0.1) is 11.4 Å². The number of aliphatic imine (C=N–C) groups is 1. The first-order valence-corrected chi connectivity index (χ1v) is 7.22. The molecular formula is C19H21N3. The number of rotatable bonds is 4. The highest BCUT2D eigenvalue weighted by Gasteiger charge is 2.00. The van der Waals surface area contributed by atoms with Crippen molar-refractivity contribution in [1.29, 1.82) is 0 Å². The summed E-state index contributed by atoms with van der Waals surface area (Å²) in [6.07, 6.45) is 12.9. The molecule has 1 aromatic rings. The molecule has 0 aromatic heterocycles. The number of nitrogens with one attached hydrogen (secondary N) is 1. The van der Waals surface area contributed by atoms with Crippen LogP contribution in [-0.2, 0) is 0 Å². The molecule has 22 heavy (non-hydrogen) atoms. The Bertz CT molecular complexity index is 674. The van der Waals surface area contributed by atoms with Gasteiger partial charge >= 0.3 is 0 Å². The van der Waals surface area contributed by atoms with Gasteiger partial charge in [0.2, 0.25) is 0 Å². The van der Waals surface area contributed by atoms with Crippen LogP contribution >= 0.6 is 0 Å². The van der Waals surface area contributed by atoms with Gasteiger partial charge in [-0.2, -0.15) is 0 Å². The van der Waals surface area contributed by atoms with E-state index in [-0.39, 0.29) is 0 Å². The van der Waals surface area contributed by atoms with E-state index in [1.54, 1.807) is 6.20 Å². The molecule has 0 fully saturated rings. The molecule has 3 N–H and O–H groups in total. The second-order valence-corrected chi connectivity index (χ2v) is 4.94. The highest BCUT2D eigenvalue weighted by atomic mass is 15.0. The monoisotopic (exact) mass is 291 g/mol. The maximum absolute atomic E-state index is 6.03. The van der Waals surface area contributed by atoms with E-state index >= 15 is 0 Å². The molecule has 1 aromatic carbocycles. The molecule has 112 valence electrons. The maximum Gasteiger partial charge on any atom is 0.103 e. The summed E-state index contributed by atoms with van der Waals surface area (Å²) >= 11 is 0. The van der Waals surface area contributed by atoms with Gasteiger partial charge in [0.25, 0.3) is 0 Å². The van der Waals surface area contributed by atoms with Crippen molar-refractivity contribution in [2.24, 2.45) is 10.7 Å². The average molecular weight is 291 g/mol. The smallest absolute Gasteiger partial charge is 0.103 e. The molecule has 0 spiro atoms. The summed E-state index contributed by atoms with van der Waals surface area (Å²) in [5, 5.41) is 3.10. The van der Waals surface area contributed by atoms with E-state index in [0.29, 0.717) is 5.70 Å². The molecule has 0 bridgehead atoms. The Kier molecular flexibility index (Phi) is 5.55. The lowest BCUT2D eigenvalue weighted by Crippen LogP contribution is -2.15. The van der Waals surface area contributed by atoms with Crippen molar-refractivity contribution in [3.8, 4) is 0 Å². The summed E-state index contributed by atoms with van der Waals surface area (Å²) in [4.78, 5) is 4.47. The van der Waals surface area contributed by atoms with Crippen LogP contribution in [0.3, 0.4) is 0 Å². The number of nitrogens with zero attached hydrogens (tertiary/aromatic N) is 1. The van der Waals surface area contributed by atoms with E-state index < -0.39 is 0 Å². The Hall–Kier alpha value is -2.81. The van der Waals surface area contributed by atoms with Crippen molar-refractivity contribution in [2.75, 3.05) is 0 Å². The minimum atomic E-state index is 0.664. The maximum atomic E-state index is 6.03. The number of nitrogens with two attached hydrogens (primary N) is 1. The third kappa shape index (κ3) is 4.63. The topological polar surface area (TPSA) is 50.4 Å². The van der Waals surface area contributed by atoms with E-state index in [4.69, 9.17) is 5.73 Å². The molecule has 3 nitrogen and oxygen atoms in total. The molecule has 0 aliphatic heterocycles. The fourth-order valence-corrected chi connectivity index (χ4v) is 1.97. The number of hydrogen-bond donors (Lipinski definition) is 2. The van der Waals surface area contributed by atoms with Gasteiger partial charge in [0.15, 0.2) is 0 Å². The van der Waals surface area contributed by atoms with Gasteiger partial charge in [-0.3, -0.25) is 0 Å². The van der Waals surface area contributed by atoms with Gasteiger partial charge in [-0.25, -0.2) is 4.99 Å². The molecule has 0 radical (unpaired) electrons. The van der Waals surface area contributed by atoms with Crippen molar-refractivity contribution in [1.82, 2.24) is 5.32 Å². The Morgan fingerprint density at radius 3 is 2.82 bits per heavy atom. The number of allylic oxidation sites excluding steroid dienone is 5. The van der Waals surface area contributed by atoms with E-state index in [1.165, 1.54) is 0 Å². The summed E-state index contributed by atoms with van der Waals surface area (Å²) in [5.41, 5.74) is 9.40. The molecule has 1 aliphatic carbocycles. The first-order valence-electron chi connectivity index (χ1n) is 7.22. The quantitative estimate of drug-likeness (QED) is 0.653. The standard InChI is InChI=1S/C19H21N3/c1-15(17-10-6-3-4-7-11-17)22-16(2)21-14-19(20)18-12-8-5-9-13-18/h3,5-14H,1,4,20H2,2H3,(H,21,22)/b19-14+. The minimum absolute atomic E-state index is 0.664. The molecule has 0 heterocycles. The zero-order chi connectivity index (χ0) is 15.8. The second-order valence-electron chi connectivity index (χ2n) is 4.94. The van der Waals surface area contributed by atoms with Crippen LogP contribution in [0.1, 0.15) is 18.9 Å². The third-order valence-corrected chi connectivity index (χ3v) is 3.16. The molecule has 0 amide bonds. The van der Waals surface area contributed by atoms with Crippen LogP contribution in [0.25, 0.3) is 5.70 Å². The summed E-state index contributed by atoms with van der Waals surface area (Å²) in [5.74, 6) is 0.742. The normalized spacial score (nSPS) is 15.2. The number of benzene rings is 1. The van der Waals surface area contributed by atoms with E-state index in [0.717, 1.165) is 29.1 Å². The SMILES string of the molecule is C=C(/N=C(/C)N/C=C(/N)c1ccccc1)C1=CC=CCC=C1. The van der Waals surface area contributed by atoms with Crippen LogP contribution in [0.5, 0.6) is 0 Å². The highest BCUT2D eigenvalue weighted by Crippen LogP contribution is 2.14. The van der Waals surface area contributed by atoms with Gasteiger partial charge in [-0.15, -0.1) is 0 Å². The fourth-order valence-electron chi connectivity index (χ4n) is 1.97. The van der Waals surface area contributed by atoms with Gasteiger partial charge in [-0.1, -0.05) is 67.3 Å². The largest absolute Gasteiger partial charge is 0.397 e. The van der Waals surface area contributed by atoms with Gasteiger partial charge in [-0.05, 0) is 24.5 Å². The Labute approximate surface area is 132 Å². The van der Waals surface area contributed by atoms with Crippen LogP contribution in [0.4, 0.5) is 0 Å². The van der Waals surface area contributed by atoms with Gasteiger partial charge in [0.1, 0.15) is 5.84 Å². The van der Waals surface area contributed by atoms with Gasteiger partial charge < -0.3 is 11.1 Å². The third-order valence-electron chi connectivity index (χ3n) is 3.16. The summed E-state index contributed by atoms with van der Waals surface area (Å²) in [7, 11) is 0. The molecule has 3 heteroatoms. The zero-order valence-electron chi connectivity index (χ0n) is 12.8. The molecule has 0 unspecified atom stereocenters. The van der Waals surface area contributed by atoms with E-state index in [1.807, 2.05) is 55.5 Å². The van der Waals surface area contributed by atoms with Crippen molar-refractivity contribution >= 4 is 11.5 Å². The van der Waals surface area contributed by atoms with Crippen LogP contribution < -0.4 is 11.1 Å². The fraction of sp³-hybridized carbons (Fsp3) is 0.105. The molecule has 2 rings (SSSR count). The molecule has 0 saturated heterocycles. The lowest BCUT2D eigenvalue weighted by molar-refractivity contribution is 1.20. The van der Waals surface area contributed by atoms with Crippen molar-refractivity contribution < 1.29 is 0 Å². The number of hydrogen-bond acceptors (Lipinski definition) is 2. The van der Waals surface area contributed by atoms with Crippen LogP contribution in [0.15, 0.2) is 89.8 Å². The predicted octanol–water partition coefficient (Wildman–Crippen LogP) is 3.91. The summed E-state index contributed by atoms with van der Waals surface area (Å²) < 4.78 is 0. The lowest BCUT2D eigenvalue weighted by Gasteiger charge is -2.06. The van der Waals surface area contributed by atoms with Crippen molar-refractivity contribution in [3.63, 3.8) is 0 Å². The molecule has 1 aliphatic rings. The highest BCUT2D eigenvalue weighted by molar-refractivity contribution is 5.83. The van der Waals surface area contributed by atoms with Crippen LogP contribution in [-0.4, -0.2) is 5.84 Å². The first-order chi connectivity index (χ1) is 10.7. The molecule has 0 saturated carbocycles. The zero-order valence-corrected chi connectivity index (χ0v) is 12.8. The summed E-state index contributed by atoms with van der Waals surface area (Å²) in [6.45, 7) is 5.90. The number of amidine groups is 1. The average Bonchev–Trinajstić information content (AvgIpc) is 2.82. The van der Waals surface area contributed by atoms with E-state index in [9.17, 15) is 0 Å².